The summed E-state index contributed by atoms with van der Waals surface area (Å²) in [5.41, 5.74) is 8.61. The average Bonchev–Trinajstić information content (AvgIpc) is 3.21. The molecule has 3 N–H and O–H groups in total. The molecule has 2 aliphatic rings. The third-order valence-electron chi connectivity index (χ3n) is 6.94. The Morgan fingerprint density at radius 1 is 1.07 bits per heavy atom. The van der Waals surface area contributed by atoms with Gasteiger partial charge in [0.25, 0.3) is 0 Å². The van der Waals surface area contributed by atoms with Crippen molar-refractivity contribution in [3.05, 3.63) is 53.9 Å². The quantitative estimate of drug-likeness (QED) is 0.786. The summed E-state index contributed by atoms with van der Waals surface area (Å²) in [7, 11) is 1.97. The molecule has 0 atom stereocenters. The van der Waals surface area contributed by atoms with E-state index in [9.17, 15) is 4.79 Å². The number of hydrogen-bond donors (Lipinski definition) is 2. The highest BCUT2D eigenvalue weighted by molar-refractivity contribution is 5.75. The SMILES string of the molecule is Cn1cc(C2CCC(N(C(=O)NCc3ccccc3)C3CCC(N)CC3)CC2)cn1. The molecule has 0 aliphatic heterocycles. The van der Waals surface area contributed by atoms with Crippen LogP contribution in [0.1, 0.15) is 68.4 Å². The van der Waals surface area contributed by atoms with Crippen LogP contribution in [0.15, 0.2) is 42.7 Å². The Kier molecular flexibility index (Phi) is 6.72. The molecular formula is C24H35N5O. The normalized spacial score (nSPS) is 26.9. The highest BCUT2D eigenvalue weighted by Crippen LogP contribution is 2.36. The third-order valence-corrected chi connectivity index (χ3v) is 6.94. The number of amides is 2. The Balaban J connectivity index is 1.41. The van der Waals surface area contributed by atoms with E-state index in [1.807, 2.05) is 36.1 Å². The Labute approximate surface area is 179 Å². The minimum absolute atomic E-state index is 0.0872. The maximum absolute atomic E-state index is 13.3. The molecule has 1 aromatic heterocycles. The molecular weight excluding hydrogens is 374 g/mol. The third kappa shape index (κ3) is 5.04. The number of aromatic nitrogens is 2. The van der Waals surface area contributed by atoms with E-state index in [2.05, 4.69) is 33.6 Å². The topological polar surface area (TPSA) is 76.2 Å². The van der Waals surface area contributed by atoms with Crippen LogP contribution in [-0.2, 0) is 13.6 Å². The standard InChI is InChI=1S/C24H35N5O/c1-28-17-20(16-27-28)19-7-11-22(12-8-19)29(23-13-9-21(25)10-14-23)24(30)26-15-18-5-3-2-4-6-18/h2-6,16-17,19,21-23H,7-15,25H2,1H3,(H,26,30). The molecule has 2 saturated carbocycles. The number of nitrogens with one attached hydrogen (secondary N) is 1. The molecule has 30 heavy (non-hydrogen) atoms. The van der Waals surface area contributed by atoms with E-state index in [4.69, 9.17) is 5.73 Å². The van der Waals surface area contributed by atoms with Crippen LogP contribution in [0.5, 0.6) is 0 Å². The van der Waals surface area contributed by atoms with Crippen molar-refractivity contribution in [3.63, 3.8) is 0 Å². The number of urea groups is 1. The average molecular weight is 410 g/mol. The lowest BCUT2D eigenvalue weighted by atomic mass is 9.81. The first-order chi connectivity index (χ1) is 14.6. The van der Waals surface area contributed by atoms with Crippen molar-refractivity contribution in [2.24, 2.45) is 12.8 Å². The van der Waals surface area contributed by atoms with Gasteiger partial charge in [0.2, 0.25) is 0 Å². The van der Waals surface area contributed by atoms with Gasteiger partial charge in [-0.05, 0) is 68.4 Å². The molecule has 6 heteroatoms. The molecule has 0 radical (unpaired) electrons. The van der Waals surface area contributed by atoms with E-state index in [1.54, 1.807) is 0 Å². The summed E-state index contributed by atoms with van der Waals surface area (Å²) in [5.74, 6) is 0.559. The fraction of sp³-hybridized carbons (Fsp3) is 0.583. The summed E-state index contributed by atoms with van der Waals surface area (Å²) in [6, 6.07) is 11.1. The Morgan fingerprint density at radius 3 is 2.30 bits per heavy atom. The summed E-state index contributed by atoms with van der Waals surface area (Å²) >= 11 is 0. The van der Waals surface area contributed by atoms with Crippen molar-refractivity contribution >= 4 is 6.03 Å². The Hall–Kier alpha value is -2.34. The fourth-order valence-corrected chi connectivity index (χ4v) is 5.21. The van der Waals surface area contributed by atoms with E-state index in [0.29, 0.717) is 24.5 Å². The summed E-state index contributed by atoms with van der Waals surface area (Å²) in [6.45, 7) is 0.577. The van der Waals surface area contributed by atoms with Crippen LogP contribution in [0.3, 0.4) is 0 Å². The van der Waals surface area contributed by atoms with Crippen LogP contribution >= 0.6 is 0 Å². The number of benzene rings is 1. The molecule has 0 saturated heterocycles. The second-order valence-electron chi connectivity index (χ2n) is 9.07. The minimum atomic E-state index is 0.0872. The zero-order valence-electron chi connectivity index (χ0n) is 18.0. The van der Waals surface area contributed by atoms with Crippen molar-refractivity contribution in [3.8, 4) is 0 Å². The zero-order chi connectivity index (χ0) is 20.9. The lowest BCUT2D eigenvalue weighted by molar-refractivity contribution is 0.0982. The van der Waals surface area contributed by atoms with Crippen molar-refractivity contribution in [1.29, 1.82) is 0 Å². The van der Waals surface area contributed by atoms with Crippen molar-refractivity contribution in [1.82, 2.24) is 20.0 Å². The summed E-state index contributed by atoms with van der Waals surface area (Å²) in [5, 5.41) is 7.53. The van der Waals surface area contributed by atoms with E-state index in [0.717, 1.165) is 56.9 Å². The maximum Gasteiger partial charge on any atom is 0.318 e. The van der Waals surface area contributed by atoms with Crippen molar-refractivity contribution < 1.29 is 4.79 Å². The van der Waals surface area contributed by atoms with E-state index in [-0.39, 0.29) is 12.1 Å². The predicted molar refractivity (Wildman–Crippen MR) is 119 cm³/mol. The molecule has 0 bridgehead atoms. The van der Waals surface area contributed by atoms with Gasteiger partial charge in [-0.3, -0.25) is 4.68 Å². The Bertz CT molecular complexity index is 804. The number of carbonyl (C=O) groups is 1. The van der Waals surface area contributed by atoms with Gasteiger partial charge in [-0.1, -0.05) is 30.3 Å². The number of rotatable bonds is 5. The van der Waals surface area contributed by atoms with Gasteiger partial charge in [0.05, 0.1) is 6.20 Å². The van der Waals surface area contributed by atoms with Gasteiger partial charge in [0.1, 0.15) is 0 Å². The van der Waals surface area contributed by atoms with Crippen LogP contribution in [0.4, 0.5) is 4.79 Å². The van der Waals surface area contributed by atoms with Crippen LogP contribution in [0.2, 0.25) is 0 Å². The maximum atomic E-state index is 13.3. The van der Waals surface area contributed by atoms with Gasteiger partial charge in [0, 0.05) is 37.9 Å². The van der Waals surface area contributed by atoms with Crippen molar-refractivity contribution in [2.45, 2.75) is 82.0 Å². The first kappa shape index (κ1) is 20.9. The van der Waals surface area contributed by atoms with E-state index >= 15 is 0 Å². The fourth-order valence-electron chi connectivity index (χ4n) is 5.21. The molecule has 2 amide bonds. The summed E-state index contributed by atoms with van der Waals surface area (Å²) in [6.07, 6.45) is 12.5. The molecule has 0 spiro atoms. The van der Waals surface area contributed by atoms with Gasteiger partial charge >= 0.3 is 6.03 Å². The largest absolute Gasteiger partial charge is 0.334 e. The second kappa shape index (κ2) is 9.65. The van der Waals surface area contributed by atoms with Gasteiger partial charge in [-0.15, -0.1) is 0 Å². The van der Waals surface area contributed by atoms with Gasteiger partial charge in [-0.25, -0.2) is 4.79 Å². The molecule has 4 rings (SSSR count). The number of carbonyl (C=O) groups excluding carboxylic acids is 1. The van der Waals surface area contributed by atoms with Crippen LogP contribution in [-0.4, -0.2) is 38.8 Å². The van der Waals surface area contributed by atoms with Gasteiger partial charge in [0.15, 0.2) is 0 Å². The number of hydrogen-bond acceptors (Lipinski definition) is 3. The first-order valence-electron chi connectivity index (χ1n) is 11.4. The summed E-state index contributed by atoms with van der Waals surface area (Å²) < 4.78 is 1.88. The lowest BCUT2D eigenvalue weighted by Crippen LogP contribution is -2.53. The Morgan fingerprint density at radius 2 is 1.70 bits per heavy atom. The first-order valence-corrected chi connectivity index (χ1v) is 11.4. The highest BCUT2D eigenvalue weighted by Gasteiger charge is 2.35. The molecule has 2 aromatic rings. The second-order valence-corrected chi connectivity index (χ2v) is 9.07. The van der Waals surface area contributed by atoms with Crippen molar-refractivity contribution in [2.75, 3.05) is 0 Å². The van der Waals surface area contributed by atoms with Crippen LogP contribution < -0.4 is 11.1 Å². The molecule has 162 valence electrons. The monoisotopic (exact) mass is 409 g/mol. The summed E-state index contributed by atoms with van der Waals surface area (Å²) in [4.78, 5) is 15.5. The zero-order valence-corrected chi connectivity index (χ0v) is 18.0. The molecule has 6 nitrogen and oxygen atoms in total. The van der Waals surface area contributed by atoms with E-state index in [1.165, 1.54) is 5.56 Å². The minimum Gasteiger partial charge on any atom is -0.334 e. The molecule has 0 unspecified atom stereocenters. The van der Waals surface area contributed by atoms with Crippen LogP contribution in [0, 0.1) is 0 Å². The molecule has 1 heterocycles. The van der Waals surface area contributed by atoms with Crippen LogP contribution in [0.25, 0.3) is 0 Å². The number of aryl methyl sites for hydroxylation is 1. The lowest BCUT2D eigenvalue weighted by Gasteiger charge is -2.43. The van der Waals surface area contributed by atoms with Gasteiger partial charge < -0.3 is 16.0 Å². The highest BCUT2D eigenvalue weighted by atomic mass is 16.2. The smallest absolute Gasteiger partial charge is 0.318 e. The predicted octanol–water partition coefficient (Wildman–Crippen LogP) is 3.93. The number of nitrogens with two attached hydrogens (primary N) is 1. The molecule has 2 fully saturated rings. The van der Waals surface area contributed by atoms with Gasteiger partial charge in [-0.2, -0.15) is 5.10 Å². The van der Waals surface area contributed by atoms with E-state index < -0.39 is 0 Å². The number of nitrogens with zero attached hydrogens (tertiary/aromatic N) is 3. The molecule has 2 aliphatic carbocycles. The molecule has 1 aromatic carbocycles.